The Hall–Kier alpha value is -0.0800. The Morgan fingerprint density at radius 3 is 2.41 bits per heavy atom. The number of nitrogens with one attached hydrogen (secondary N) is 1. The molecule has 1 N–H and O–H groups in total. The normalized spacial score (nSPS) is 20.1. The number of unbranched alkanes of at least 4 members (excludes halogenated alkanes) is 2. The van der Waals surface area contributed by atoms with E-state index in [9.17, 15) is 0 Å². The van der Waals surface area contributed by atoms with Crippen LogP contribution in [0.25, 0.3) is 0 Å². The molecule has 0 amide bonds. The SMILES string of the molecule is CCCCCC(C)NCCN1CCCCCC1. The Kier molecular flexibility index (Phi) is 8.72. The van der Waals surface area contributed by atoms with Crippen LogP contribution in [0.2, 0.25) is 0 Å². The maximum absolute atomic E-state index is 3.67. The second-order valence-corrected chi connectivity index (χ2v) is 5.61. The van der Waals surface area contributed by atoms with E-state index < -0.39 is 0 Å². The molecule has 0 aromatic heterocycles. The lowest BCUT2D eigenvalue weighted by Crippen LogP contribution is -2.36. The minimum atomic E-state index is 0.702. The average molecular weight is 240 g/mol. The summed E-state index contributed by atoms with van der Waals surface area (Å²) in [6.07, 6.45) is 11.1. The molecular formula is C15H32N2. The van der Waals surface area contributed by atoms with Crippen molar-refractivity contribution in [3.05, 3.63) is 0 Å². The van der Waals surface area contributed by atoms with E-state index >= 15 is 0 Å². The van der Waals surface area contributed by atoms with Crippen LogP contribution < -0.4 is 5.32 Å². The molecule has 1 heterocycles. The lowest BCUT2D eigenvalue weighted by atomic mass is 10.1. The highest BCUT2D eigenvalue weighted by Crippen LogP contribution is 2.09. The monoisotopic (exact) mass is 240 g/mol. The van der Waals surface area contributed by atoms with Crippen LogP contribution in [0.3, 0.4) is 0 Å². The maximum atomic E-state index is 3.67. The molecule has 1 fully saturated rings. The standard InChI is InChI=1S/C15H32N2/c1-3-4-7-10-15(2)16-11-14-17-12-8-5-6-9-13-17/h15-16H,3-14H2,1-2H3. The predicted octanol–water partition coefficient (Wildman–Crippen LogP) is 3.42. The third-order valence-corrected chi connectivity index (χ3v) is 3.86. The lowest BCUT2D eigenvalue weighted by molar-refractivity contribution is 0.278. The van der Waals surface area contributed by atoms with Crippen LogP contribution in [0, 0.1) is 0 Å². The zero-order chi connectivity index (χ0) is 12.3. The summed E-state index contributed by atoms with van der Waals surface area (Å²) in [6, 6.07) is 0.702. The quantitative estimate of drug-likeness (QED) is 0.654. The molecule has 1 rings (SSSR count). The van der Waals surface area contributed by atoms with Crippen molar-refractivity contribution in [1.82, 2.24) is 10.2 Å². The molecule has 0 aromatic carbocycles. The molecule has 0 aliphatic carbocycles. The summed E-state index contributed by atoms with van der Waals surface area (Å²) in [5, 5.41) is 3.67. The van der Waals surface area contributed by atoms with Gasteiger partial charge in [-0.1, -0.05) is 39.0 Å². The second-order valence-electron chi connectivity index (χ2n) is 5.61. The van der Waals surface area contributed by atoms with Crippen LogP contribution in [0.4, 0.5) is 0 Å². The number of likely N-dealkylation sites (tertiary alicyclic amines) is 1. The van der Waals surface area contributed by atoms with Crippen LogP contribution in [-0.4, -0.2) is 37.1 Å². The summed E-state index contributed by atoms with van der Waals surface area (Å²) in [6.45, 7) is 9.68. The first-order valence-corrected chi connectivity index (χ1v) is 7.78. The molecule has 2 nitrogen and oxygen atoms in total. The van der Waals surface area contributed by atoms with E-state index in [0.29, 0.717) is 6.04 Å². The molecule has 1 aliphatic rings. The Bertz CT molecular complexity index is 162. The first-order valence-electron chi connectivity index (χ1n) is 7.78. The van der Waals surface area contributed by atoms with Crippen molar-refractivity contribution in [2.75, 3.05) is 26.2 Å². The molecule has 0 radical (unpaired) electrons. The number of hydrogen-bond acceptors (Lipinski definition) is 2. The molecule has 1 saturated heterocycles. The van der Waals surface area contributed by atoms with Gasteiger partial charge in [-0.25, -0.2) is 0 Å². The van der Waals surface area contributed by atoms with Crippen molar-refractivity contribution in [1.29, 1.82) is 0 Å². The molecule has 0 saturated carbocycles. The van der Waals surface area contributed by atoms with Crippen LogP contribution in [0.5, 0.6) is 0 Å². The lowest BCUT2D eigenvalue weighted by Gasteiger charge is -2.21. The van der Waals surface area contributed by atoms with Gasteiger partial charge in [-0.2, -0.15) is 0 Å². The van der Waals surface area contributed by atoms with Gasteiger partial charge >= 0.3 is 0 Å². The van der Waals surface area contributed by atoms with E-state index in [0.717, 1.165) is 0 Å². The van der Waals surface area contributed by atoms with Gasteiger partial charge in [0.2, 0.25) is 0 Å². The van der Waals surface area contributed by atoms with E-state index in [4.69, 9.17) is 0 Å². The predicted molar refractivity (Wildman–Crippen MR) is 76.5 cm³/mol. The smallest absolute Gasteiger partial charge is 0.0107 e. The summed E-state index contributed by atoms with van der Waals surface area (Å²) < 4.78 is 0. The average Bonchev–Trinajstić information content (AvgIpc) is 2.58. The Morgan fingerprint density at radius 2 is 1.76 bits per heavy atom. The number of rotatable bonds is 8. The van der Waals surface area contributed by atoms with E-state index in [2.05, 4.69) is 24.1 Å². The summed E-state index contributed by atoms with van der Waals surface area (Å²) in [5.74, 6) is 0. The second kappa shape index (κ2) is 9.90. The molecule has 0 bridgehead atoms. The topological polar surface area (TPSA) is 15.3 Å². The Labute approximate surface area is 108 Å². The van der Waals surface area contributed by atoms with Crippen molar-refractivity contribution in [3.8, 4) is 0 Å². The molecule has 0 aromatic rings. The van der Waals surface area contributed by atoms with Gasteiger partial charge < -0.3 is 10.2 Å². The third kappa shape index (κ3) is 7.77. The highest BCUT2D eigenvalue weighted by molar-refractivity contribution is 4.67. The van der Waals surface area contributed by atoms with Gasteiger partial charge in [0.1, 0.15) is 0 Å². The van der Waals surface area contributed by atoms with Crippen molar-refractivity contribution in [3.63, 3.8) is 0 Å². The zero-order valence-corrected chi connectivity index (χ0v) is 12.0. The number of nitrogens with zero attached hydrogens (tertiary/aromatic N) is 1. The summed E-state index contributed by atoms with van der Waals surface area (Å²) in [4.78, 5) is 2.64. The van der Waals surface area contributed by atoms with E-state index in [-0.39, 0.29) is 0 Å². The van der Waals surface area contributed by atoms with E-state index in [1.54, 1.807) is 0 Å². The molecule has 102 valence electrons. The van der Waals surface area contributed by atoms with Gasteiger partial charge in [0.05, 0.1) is 0 Å². The fraction of sp³-hybridized carbons (Fsp3) is 1.00. The van der Waals surface area contributed by atoms with Gasteiger partial charge in [-0.15, -0.1) is 0 Å². The molecule has 0 spiro atoms. The molecule has 17 heavy (non-hydrogen) atoms. The van der Waals surface area contributed by atoms with Gasteiger partial charge in [0.25, 0.3) is 0 Å². The molecule has 1 aliphatic heterocycles. The first kappa shape index (κ1) is 15.0. The van der Waals surface area contributed by atoms with Crippen LogP contribution in [-0.2, 0) is 0 Å². The summed E-state index contributed by atoms with van der Waals surface area (Å²) in [7, 11) is 0. The Balaban J connectivity index is 1.97. The van der Waals surface area contributed by atoms with Gasteiger partial charge in [-0.05, 0) is 39.3 Å². The minimum absolute atomic E-state index is 0.702. The van der Waals surface area contributed by atoms with Gasteiger partial charge in [0.15, 0.2) is 0 Å². The molecule has 2 heteroatoms. The highest BCUT2D eigenvalue weighted by Gasteiger charge is 2.08. The summed E-state index contributed by atoms with van der Waals surface area (Å²) >= 11 is 0. The summed E-state index contributed by atoms with van der Waals surface area (Å²) in [5.41, 5.74) is 0. The Morgan fingerprint density at radius 1 is 1.06 bits per heavy atom. The van der Waals surface area contributed by atoms with Crippen LogP contribution in [0.1, 0.15) is 65.2 Å². The van der Waals surface area contributed by atoms with Crippen molar-refractivity contribution in [2.24, 2.45) is 0 Å². The van der Waals surface area contributed by atoms with Crippen LogP contribution in [0.15, 0.2) is 0 Å². The van der Waals surface area contributed by atoms with E-state index in [1.165, 1.54) is 77.5 Å². The van der Waals surface area contributed by atoms with Gasteiger partial charge in [0, 0.05) is 19.1 Å². The molecular weight excluding hydrogens is 208 g/mol. The van der Waals surface area contributed by atoms with Crippen molar-refractivity contribution in [2.45, 2.75) is 71.3 Å². The number of hydrogen-bond donors (Lipinski definition) is 1. The van der Waals surface area contributed by atoms with Crippen molar-refractivity contribution < 1.29 is 0 Å². The fourth-order valence-corrected chi connectivity index (χ4v) is 2.63. The molecule has 1 atom stereocenters. The van der Waals surface area contributed by atoms with Gasteiger partial charge in [-0.3, -0.25) is 0 Å². The van der Waals surface area contributed by atoms with Crippen molar-refractivity contribution >= 4 is 0 Å². The minimum Gasteiger partial charge on any atom is -0.313 e. The van der Waals surface area contributed by atoms with E-state index in [1.807, 2.05) is 0 Å². The first-order chi connectivity index (χ1) is 8.33. The van der Waals surface area contributed by atoms with Crippen LogP contribution >= 0.6 is 0 Å². The maximum Gasteiger partial charge on any atom is 0.0107 e. The highest BCUT2D eigenvalue weighted by atomic mass is 15.1. The molecule has 1 unspecified atom stereocenters. The third-order valence-electron chi connectivity index (χ3n) is 3.86. The zero-order valence-electron chi connectivity index (χ0n) is 12.0. The largest absolute Gasteiger partial charge is 0.313 e. The fourth-order valence-electron chi connectivity index (χ4n) is 2.63.